The van der Waals surface area contributed by atoms with Crippen molar-refractivity contribution in [2.75, 3.05) is 19.5 Å². The number of amides is 1. The molecule has 1 N–H and O–H groups in total. The monoisotopic (exact) mass is 271 g/mol. The highest BCUT2D eigenvalue weighted by molar-refractivity contribution is 6.06. The van der Waals surface area contributed by atoms with Crippen LogP contribution in [0.1, 0.15) is 15.9 Å². The van der Waals surface area contributed by atoms with Crippen LogP contribution in [-0.2, 0) is 0 Å². The molecule has 4 nitrogen and oxygen atoms in total. The van der Waals surface area contributed by atoms with Gasteiger partial charge in [0.05, 0.1) is 19.8 Å². The van der Waals surface area contributed by atoms with Crippen molar-refractivity contribution in [2.45, 2.75) is 6.92 Å². The molecule has 0 aromatic heterocycles. The van der Waals surface area contributed by atoms with Crippen LogP contribution in [0.2, 0.25) is 0 Å². The number of nitrogens with one attached hydrogen (secondary N) is 1. The third-order valence-electron chi connectivity index (χ3n) is 2.92. The van der Waals surface area contributed by atoms with Crippen molar-refractivity contribution in [2.24, 2.45) is 0 Å². The fourth-order valence-corrected chi connectivity index (χ4v) is 1.99. The Morgan fingerprint density at radius 1 is 1.05 bits per heavy atom. The molecule has 0 saturated heterocycles. The van der Waals surface area contributed by atoms with Gasteiger partial charge in [-0.3, -0.25) is 4.79 Å². The summed E-state index contributed by atoms with van der Waals surface area (Å²) < 4.78 is 10.5. The molecule has 0 atom stereocenters. The van der Waals surface area contributed by atoms with E-state index in [1.807, 2.05) is 31.2 Å². The van der Waals surface area contributed by atoms with Gasteiger partial charge in [-0.05, 0) is 36.8 Å². The molecule has 0 heterocycles. The Bertz CT molecular complexity index is 623. The number of para-hydroxylation sites is 1. The largest absolute Gasteiger partial charge is 0.493 e. The van der Waals surface area contributed by atoms with E-state index in [2.05, 4.69) is 5.32 Å². The van der Waals surface area contributed by atoms with Crippen LogP contribution < -0.4 is 14.8 Å². The predicted octanol–water partition coefficient (Wildman–Crippen LogP) is 3.26. The van der Waals surface area contributed by atoms with Crippen LogP contribution >= 0.6 is 0 Å². The Kier molecular flexibility index (Phi) is 4.25. The van der Waals surface area contributed by atoms with Crippen LogP contribution in [0.5, 0.6) is 11.5 Å². The minimum Gasteiger partial charge on any atom is -0.493 e. The quantitative estimate of drug-likeness (QED) is 0.928. The van der Waals surface area contributed by atoms with Crippen molar-refractivity contribution in [1.82, 2.24) is 0 Å². The first-order chi connectivity index (χ1) is 9.65. The Balaban J connectivity index is 2.30. The van der Waals surface area contributed by atoms with Crippen molar-refractivity contribution in [1.29, 1.82) is 0 Å². The Morgan fingerprint density at radius 3 is 2.45 bits per heavy atom. The molecular formula is C16H17NO3. The van der Waals surface area contributed by atoms with Gasteiger partial charge >= 0.3 is 0 Å². The van der Waals surface area contributed by atoms with Crippen LogP contribution in [0.4, 0.5) is 5.69 Å². The number of methoxy groups -OCH3 is 2. The zero-order valence-electron chi connectivity index (χ0n) is 11.8. The maximum atomic E-state index is 12.3. The third-order valence-corrected chi connectivity index (χ3v) is 2.92. The summed E-state index contributed by atoms with van der Waals surface area (Å²) in [6.07, 6.45) is 0. The van der Waals surface area contributed by atoms with E-state index in [1.54, 1.807) is 25.3 Å². The molecule has 0 aliphatic heterocycles. The van der Waals surface area contributed by atoms with Crippen LogP contribution in [0.3, 0.4) is 0 Å². The number of carbonyl (C=O) groups is 1. The molecule has 0 unspecified atom stereocenters. The zero-order chi connectivity index (χ0) is 14.5. The summed E-state index contributed by atoms with van der Waals surface area (Å²) >= 11 is 0. The van der Waals surface area contributed by atoms with Crippen molar-refractivity contribution >= 4 is 11.6 Å². The molecule has 0 bridgehead atoms. The van der Waals surface area contributed by atoms with E-state index in [9.17, 15) is 4.79 Å². The Hall–Kier alpha value is -2.49. The normalized spacial score (nSPS) is 9.95. The third kappa shape index (κ3) is 2.91. The lowest BCUT2D eigenvalue weighted by Crippen LogP contribution is -2.13. The molecule has 0 saturated carbocycles. The van der Waals surface area contributed by atoms with Gasteiger partial charge in [0.15, 0.2) is 11.5 Å². The molecule has 0 radical (unpaired) electrons. The van der Waals surface area contributed by atoms with Crippen LogP contribution in [0.15, 0.2) is 42.5 Å². The highest BCUT2D eigenvalue weighted by Gasteiger charge is 2.16. The molecular weight excluding hydrogens is 254 g/mol. The van der Waals surface area contributed by atoms with Gasteiger partial charge in [0.25, 0.3) is 5.91 Å². The minimum atomic E-state index is -0.230. The van der Waals surface area contributed by atoms with E-state index >= 15 is 0 Å². The Labute approximate surface area is 118 Å². The van der Waals surface area contributed by atoms with Crippen LogP contribution in [-0.4, -0.2) is 20.1 Å². The van der Waals surface area contributed by atoms with Gasteiger partial charge in [0.2, 0.25) is 0 Å². The molecule has 2 aromatic rings. The van der Waals surface area contributed by atoms with Gasteiger partial charge in [-0.25, -0.2) is 0 Å². The molecule has 0 aliphatic carbocycles. The lowest BCUT2D eigenvalue weighted by atomic mass is 10.1. The number of benzene rings is 2. The summed E-state index contributed by atoms with van der Waals surface area (Å²) in [5.74, 6) is 0.732. The molecule has 0 aliphatic rings. The van der Waals surface area contributed by atoms with Crippen molar-refractivity contribution < 1.29 is 14.3 Å². The van der Waals surface area contributed by atoms with Crippen molar-refractivity contribution in [3.05, 3.63) is 53.6 Å². The average Bonchev–Trinajstić information content (AvgIpc) is 2.46. The fourth-order valence-electron chi connectivity index (χ4n) is 1.99. The molecule has 1 amide bonds. The van der Waals surface area contributed by atoms with E-state index in [1.165, 1.54) is 7.11 Å². The summed E-state index contributed by atoms with van der Waals surface area (Å²) in [5.41, 5.74) is 2.27. The minimum absolute atomic E-state index is 0.230. The van der Waals surface area contributed by atoms with Gasteiger partial charge in [-0.15, -0.1) is 0 Å². The topological polar surface area (TPSA) is 47.6 Å². The first kappa shape index (κ1) is 13.9. The summed E-state index contributed by atoms with van der Waals surface area (Å²) in [7, 11) is 3.06. The second-order valence-electron chi connectivity index (χ2n) is 4.36. The molecule has 104 valence electrons. The van der Waals surface area contributed by atoms with E-state index < -0.39 is 0 Å². The SMILES string of the molecule is COc1cccc(C(=O)Nc2cccc(C)c2)c1OC. The summed E-state index contributed by atoms with van der Waals surface area (Å²) in [5, 5.41) is 2.85. The maximum absolute atomic E-state index is 12.3. The highest BCUT2D eigenvalue weighted by Crippen LogP contribution is 2.31. The molecule has 0 fully saturated rings. The van der Waals surface area contributed by atoms with Crippen LogP contribution in [0, 0.1) is 6.92 Å². The molecule has 0 spiro atoms. The maximum Gasteiger partial charge on any atom is 0.259 e. The first-order valence-electron chi connectivity index (χ1n) is 6.24. The molecule has 2 rings (SSSR count). The Morgan fingerprint density at radius 2 is 1.80 bits per heavy atom. The number of ether oxygens (including phenoxy) is 2. The number of anilines is 1. The smallest absolute Gasteiger partial charge is 0.259 e. The average molecular weight is 271 g/mol. The molecule has 2 aromatic carbocycles. The second kappa shape index (κ2) is 6.10. The van der Waals surface area contributed by atoms with Crippen molar-refractivity contribution in [3.63, 3.8) is 0 Å². The summed E-state index contributed by atoms with van der Waals surface area (Å²) in [6.45, 7) is 1.97. The van der Waals surface area contributed by atoms with Gasteiger partial charge in [-0.2, -0.15) is 0 Å². The summed E-state index contributed by atoms with van der Waals surface area (Å²) in [4.78, 5) is 12.3. The lowest BCUT2D eigenvalue weighted by molar-refractivity contribution is 0.102. The van der Waals surface area contributed by atoms with E-state index in [0.29, 0.717) is 17.1 Å². The van der Waals surface area contributed by atoms with Gasteiger partial charge in [-0.1, -0.05) is 18.2 Å². The second-order valence-corrected chi connectivity index (χ2v) is 4.36. The van der Waals surface area contributed by atoms with Gasteiger partial charge in [0, 0.05) is 5.69 Å². The summed E-state index contributed by atoms with van der Waals surface area (Å²) in [6, 6.07) is 12.8. The first-order valence-corrected chi connectivity index (χ1v) is 6.24. The fraction of sp³-hybridized carbons (Fsp3) is 0.188. The zero-order valence-corrected chi connectivity index (χ0v) is 11.8. The number of hydrogen-bond donors (Lipinski definition) is 1. The molecule has 20 heavy (non-hydrogen) atoms. The van der Waals surface area contributed by atoms with Gasteiger partial charge in [0.1, 0.15) is 0 Å². The van der Waals surface area contributed by atoms with E-state index in [0.717, 1.165) is 11.3 Å². The lowest BCUT2D eigenvalue weighted by Gasteiger charge is -2.12. The number of rotatable bonds is 4. The standard InChI is InChI=1S/C16H17NO3/c1-11-6-4-7-12(10-11)17-16(18)13-8-5-9-14(19-2)15(13)20-3/h4-10H,1-3H3,(H,17,18). The number of hydrogen-bond acceptors (Lipinski definition) is 3. The van der Waals surface area contributed by atoms with E-state index in [-0.39, 0.29) is 5.91 Å². The highest BCUT2D eigenvalue weighted by atomic mass is 16.5. The molecule has 4 heteroatoms. The van der Waals surface area contributed by atoms with Crippen LogP contribution in [0.25, 0.3) is 0 Å². The van der Waals surface area contributed by atoms with Gasteiger partial charge < -0.3 is 14.8 Å². The van der Waals surface area contributed by atoms with E-state index in [4.69, 9.17) is 9.47 Å². The number of carbonyl (C=O) groups excluding carboxylic acids is 1. The number of aryl methyl sites for hydroxylation is 1. The van der Waals surface area contributed by atoms with Crippen molar-refractivity contribution in [3.8, 4) is 11.5 Å². The predicted molar refractivity (Wildman–Crippen MR) is 78.7 cm³/mol.